The second kappa shape index (κ2) is 14.2. The molecule has 0 radical (unpaired) electrons. The monoisotopic (exact) mass is 180 g/mol. The van der Waals surface area contributed by atoms with E-state index in [2.05, 4.69) is 20.3 Å². The van der Waals surface area contributed by atoms with Gasteiger partial charge in [-0.05, 0) is 0 Å². The van der Waals surface area contributed by atoms with Gasteiger partial charge in [-0.25, -0.2) is 0 Å². The fraction of sp³-hybridized carbons (Fsp3) is 0.900. The minimum atomic E-state index is 0. The molecule has 0 heterocycles. The molecule has 0 nitrogen and oxygen atoms in total. The van der Waals surface area contributed by atoms with Gasteiger partial charge in [0.05, 0.1) is 0 Å². The van der Waals surface area contributed by atoms with Gasteiger partial charge in [-0.1, -0.05) is 45.4 Å². The van der Waals surface area contributed by atoms with Gasteiger partial charge in [0.25, 0.3) is 0 Å². The van der Waals surface area contributed by atoms with Crippen molar-refractivity contribution in [2.45, 2.75) is 58.8 Å². The van der Waals surface area contributed by atoms with Crippen LogP contribution in [0.25, 0.3) is 0 Å². The van der Waals surface area contributed by atoms with Crippen LogP contribution in [0.3, 0.4) is 0 Å². The number of hydrogen-bond acceptors (Lipinski definition) is 0. The quantitative estimate of drug-likeness (QED) is 0.311. The molecular formula is C10H21K. The van der Waals surface area contributed by atoms with Crippen LogP contribution in [0.2, 0.25) is 0 Å². The van der Waals surface area contributed by atoms with Crippen LogP contribution in [0, 0.1) is 6.42 Å². The van der Waals surface area contributed by atoms with Crippen molar-refractivity contribution in [3.63, 3.8) is 0 Å². The van der Waals surface area contributed by atoms with Crippen LogP contribution in [0.1, 0.15) is 58.8 Å². The molecule has 0 spiro atoms. The topological polar surface area (TPSA) is 0 Å². The van der Waals surface area contributed by atoms with Crippen molar-refractivity contribution in [2.75, 3.05) is 0 Å². The minimum Gasteiger partial charge on any atom is -0.332 e. The number of hydrogen-bond donors (Lipinski definition) is 0. The zero-order chi connectivity index (χ0) is 7.66. The summed E-state index contributed by atoms with van der Waals surface area (Å²) in [5.41, 5.74) is 0. The van der Waals surface area contributed by atoms with Gasteiger partial charge in [-0.2, -0.15) is 13.3 Å². The summed E-state index contributed by atoms with van der Waals surface area (Å²) in [4.78, 5) is 0. The summed E-state index contributed by atoms with van der Waals surface area (Å²) in [6, 6.07) is 0. The Balaban J connectivity index is 0. The molecule has 0 aliphatic heterocycles. The normalized spacial score (nSPS) is 9.27. The summed E-state index contributed by atoms with van der Waals surface area (Å²) in [5, 5.41) is 0. The van der Waals surface area contributed by atoms with Crippen LogP contribution in [-0.2, 0) is 0 Å². The second-order valence-electron chi connectivity index (χ2n) is 2.96. The van der Waals surface area contributed by atoms with Crippen molar-refractivity contribution in [1.29, 1.82) is 0 Å². The fourth-order valence-corrected chi connectivity index (χ4v) is 1.13. The molecule has 0 bridgehead atoms. The van der Waals surface area contributed by atoms with Crippen molar-refractivity contribution in [2.24, 2.45) is 0 Å². The van der Waals surface area contributed by atoms with Gasteiger partial charge in [0.1, 0.15) is 0 Å². The second-order valence-corrected chi connectivity index (χ2v) is 2.96. The Labute approximate surface area is 115 Å². The molecule has 62 valence electrons. The third kappa shape index (κ3) is 14.5. The molecule has 0 aliphatic rings. The van der Waals surface area contributed by atoms with E-state index < -0.39 is 0 Å². The van der Waals surface area contributed by atoms with Crippen LogP contribution in [-0.4, -0.2) is 0 Å². The average molecular weight is 180 g/mol. The molecule has 0 fully saturated rings. The summed E-state index contributed by atoms with van der Waals surface area (Å²) in [7, 11) is 0. The van der Waals surface area contributed by atoms with Crippen molar-refractivity contribution in [3.8, 4) is 0 Å². The summed E-state index contributed by atoms with van der Waals surface area (Å²) in [6.45, 7) is 4.41. The third-order valence-corrected chi connectivity index (χ3v) is 1.85. The molecule has 0 rings (SSSR count). The van der Waals surface area contributed by atoms with E-state index in [9.17, 15) is 0 Å². The molecule has 0 unspecified atom stereocenters. The predicted molar refractivity (Wildman–Crippen MR) is 48.0 cm³/mol. The average Bonchev–Trinajstić information content (AvgIpc) is 1.97. The Hall–Kier alpha value is 1.64. The maximum absolute atomic E-state index is 2.26. The van der Waals surface area contributed by atoms with E-state index in [4.69, 9.17) is 0 Å². The third-order valence-electron chi connectivity index (χ3n) is 1.85. The van der Waals surface area contributed by atoms with E-state index in [1.165, 1.54) is 44.9 Å². The van der Waals surface area contributed by atoms with Crippen molar-refractivity contribution in [3.05, 3.63) is 6.42 Å². The molecule has 0 N–H and O–H groups in total. The molecule has 1 heteroatoms. The SMILES string of the molecule is C[CH-]CCCCCCCC.[K+]. The van der Waals surface area contributed by atoms with E-state index in [1.807, 2.05) is 0 Å². The van der Waals surface area contributed by atoms with Gasteiger partial charge in [0.2, 0.25) is 0 Å². The molecule has 11 heavy (non-hydrogen) atoms. The van der Waals surface area contributed by atoms with Crippen LogP contribution < -0.4 is 51.4 Å². The Kier molecular flexibility index (Phi) is 19.5. The van der Waals surface area contributed by atoms with E-state index in [0.717, 1.165) is 0 Å². The first-order valence-electron chi connectivity index (χ1n) is 4.69. The van der Waals surface area contributed by atoms with Gasteiger partial charge in [0, 0.05) is 0 Å². The molecule has 0 amide bonds. The Morgan fingerprint density at radius 3 is 2.00 bits per heavy atom. The smallest absolute Gasteiger partial charge is 0.332 e. The van der Waals surface area contributed by atoms with E-state index in [1.54, 1.807) is 0 Å². The first-order valence-corrected chi connectivity index (χ1v) is 4.69. The van der Waals surface area contributed by atoms with E-state index >= 15 is 0 Å². The van der Waals surface area contributed by atoms with Crippen LogP contribution in [0.5, 0.6) is 0 Å². The molecule has 0 atom stereocenters. The van der Waals surface area contributed by atoms with E-state index in [-0.39, 0.29) is 51.4 Å². The van der Waals surface area contributed by atoms with Crippen molar-refractivity contribution < 1.29 is 51.4 Å². The van der Waals surface area contributed by atoms with E-state index in [0.29, 0.717) is 0 Å². The van der Waals surface area contributed by atoms with Crippen molar-refractivity contribution >= 4 is 0 Å². The minimum absolute atomic E-state index is 0. The number of rotatable bonds is 7. The largest absolute Gasteiger partial charge is 1.00 e. The molecular weight excluding hydrogens is 159 g/mol. The van der Waals surface area contributed by atoms with Crippen molar-refractivity contribution in [1.82, 2.24) is 0 Å². The molecule has 0 aromatic carbocycles. The molecule has 0 saturated carbocycles. The Bertz CT molecular complexity index is 44.8. The molecule has 0 aromatic heterocycles. The first-order chi connectivity index (χ1) is 4.91. The summed E-state index contributed by atoms with van der Waals surface area (Å²) < 4.78 is 0. The Morgan fingerprint density at radius 1 is 0.909 bits per heavy atom. The zero-order valence-electron chi connectivity index (χ0n) is 8.53. The zero-order valence-corrected chi connectivity index (χ0v) is 11.7. The summed E-state index contributed by atoms with van der Waals surface area (Å²) in [5.74, 6) is 0. The number of unbranched alkanes of at least 4 members (excludes halogenated alkanes) is 7. The van der Waals surface area contributed by atoms with Gasteiger partial charge < -0.3 is 6.42 Å². The van der Waals surface area contributed by atoms with Gasteiger partial charge in [0.15, 0.2) is 0 Å². The maximum Gasteiger partial charge on any atom is 1.00 e. The molecule has 0 aromatic rings. The summed E-state index contributed by atoms with van der Waals surface area (Å²) in [6.07, 6.45) is 12.1. The fourth-order valence-electron chi connectivity index (χ4n) is 1.13. The van der Waals surface area contributed by atoms with Gasteiger partial charge in [-0.15, -0.1) is 0 Å². The first kappa shape index (κ1) is 15.1. The van der Waals surface area contributed by atoms with Crippen LogP contribution >= 0.6 is 0 Å². The van der Waals surface area contributed by atoms with Crippen LogP contribution in [0.15, 0.2) is 0 Å². The molecule has 0 aliphatic carbocycles. The standard InChI is InChI=1S/C10H21.K/c1-3-5-7-9-10-8-6-4-2;/h3H,4-10H2,1-2H3;/q-1;+1. The van der Waals surface area contributed by atoms with Gasteiger partial charge in [-0.3, -0.25) is 0 Å². The summed E-state index contributed by atoms with van der Waals surface area (Å²) >= 11 is 0. The predicted octanol–water partition coefficient (Wildman–Crippen LogP) is 0.965. The van der Waals surface area contributed by atoms with Gasteiger partial charge >= 0.3 is 51.4 Å². The Morgan fingerprint density at radius 2 is 1.45 bits per heavy atom. The maximum atomic E-state index is 2.26. The van der Waals surface area contributed by atoms with Crippen LogP contribution in [0.4, 0.5) is 0 Å². The molecule has 0 saturated heterocycles.